The van der Waals surface area contributed by atoms with Gasteiger partial charge in [-0.05, 0) is 49.4 Å². The van der Waals surface area contributed by atoms with Crippen molar-refractivity contribution in [2.75, 3.05) is 5.32 Å². The summed E-state index contributed by atoms with van der Waals surface area (Å²) < 4.78 is 0. The number of aromatic nitrogens is 1. The van der Waals surface area contributed by atoms with Crippen molar-refractivity contribution >= 4 is 17.2 Å². The summed E-state index contributed by atoms with van der Waals surface area (Å²) in [4.78, 5) is 14.5. The van der Waals surface area contributed by atoms with Gasteiger partial charge in [-0.3, -0.25) is 10.1 Å². The summed E-state index contributed by atoms with van der Waals surface area (Å²) in [5.74, 6) is 1.32. The molecule has 1 aromatic carbocycles. The zero-order chi connectivity index (χ0) is 16.2. The molecule has 0 atom stereocenters. The maximum absolute atomic E-state index is 10.8. The van der Waals surface area contributed by atoms with Gasteiger partial charge in [0.2, 0.25) is 0 Å². The fraction of sp³-hybridized carbons (Fsp3) is 0.389. The van der Waals surface area contributed by atoms with Crippen molar-refractivity contribution in [3.05, 3.63) is 57.8 Å². The number of rotatable bonds is 4. The van der Waals surface area contributed by atoms with Crippen LogP contribution >= 0.6 is 0 Å². The quantitative estimate of drug-likeness (QED) is 0.631. The van der Waals surface area contributed by atoms with Crippen LogP contribution in [0.3, 0.4) is 0 Å². The minimum Gasteiger partial charge on any atom is -0.340 e. The molecule has 0 spiro atoms. The molecule has 0 unspecified atom stereocenters. The Kier molecular flexibility index (Phi) is 4.55. The van der Waals surface area contributed by atoms with Gasteiger partial charge in [0, 0.05) is 11.3 Å². The molecular formula is C18H21N3O2. The standard InChI is InChI=1S/C18H21N3O2/c1-13-11-18(19-12-17(13)21(22)23)20-16-9-7-15(8-10-16)14-5-3-2-4-6-14/h7-12,14H,2-6H2,1H3,(H,19,20). The highest BCUT2D eigenvalue weighted by Gasteiger charge is 2.15. The van der Waals surface area contributed by atoms with Gasteiger partial charge in [-0.15, -0.1) is 0 Å². The maximum atomic E-state index is 10.8. The number of pyridine rings is 1. The van der Waals surface area contributed by atoms with E-state index in [9.17, 15) is 10.1 Å². The van der Waals surface area contributed by atoms with Gasteiger partial charge >= 0.3 is 0 Å². The van der Waals surface area contributed by atoms with Crippen LogP contribution in [0.15, 0.2) is 36.5 Å². The van der Waals surface area contributed by atoms with E-state index in [1.54, 1.807) is 13.0 Å². The molecule has 1 fully saturated rings. The molecule has 5 heteroatoms. The minimum absolute atomic E-state index is 0.0446. The van der Waals surface area contributed by atoms with Crippen molar-refractivity contribution in [3.63, 3.8) is 0 Å². The molecule has 23 heavy (non-hydrogen) atoms. The van der Waals surface area contributed by atoms with Crippen molar-refractivity contribution in [1.29, 1.82) is 0 Å². The number of anilines is 2. The van der Waals surface area contributed by atoms with E-state index in [1.807, 2.05) is 0 Å². The van der Waals surface area contributed by atoms with Gasteiger partial charge in [-0.2, -0.15) is 0 Å². The van der Waals surface area contributed by atoms with Crippen LogP contribution in [0.2, 0.25) is 0 Å². The first kappa shape index (κ1) is 15.5. The Morgan fingerprint density at radius 3 is 2.48 bits per heavy atom. The molecule has 0 radical (unpaired) electrons. The normalized spacial score (nSPS) is 15.3. The summed E-state index contributed by atoms with van der Waals surface area (Å²) in [6.45, 7) is 1.72. The number of benzene rings is 1. The Balaban J connectivity index is 1.70. The Morgan fingerprint density at radius 1 is 1.17 bits per heavy atom. The highest BCUT2D eigenvalue weighted by atomic mass is 16.6. The molecule has 5 nitrogen and oxygen atoms in total. The molecule has 1 heterocycles. The van der Waals surface area contributed by atoms with Gasteiger partial charge in [0.05, 0.1) is 4.92 Å². The van der Waals surface area contributed by atoms with Gasteiger partial charge in [0.15, 0.2) is 0 Å². The lowest BCUT2D eigenvalue weighted by Crippen LogP contribution is -2.04. The Labute approximate surface area is 135 Å². The molecule has 1 aromatic heterocycles. The third-order valence-electron chi connectivity index (χ3n) is 4.54. The topological polar surface area (TPSA) is 68.1 Å². The first-order valence-electron chi connectivity index (χ1n) is 8.11. The number of nitrogens with zero attached hydrogens (tertiary/aromatic N) is 2. The van der Waals surface area contributed by atoms with E-state index in [4.69, 9.17) is 0 Å². The summed E-state index contributed by atoms with van der Waals surface area (Å²) in [5, 5.41) is 14.0. The van der Waals surface area contributed by atoms with Crippen molar-refractivity contribution in [2.24, 2.45) is 0 Å². The molecule has 1 aliphatic rings. The molecule has 120 valence electrons. The lowest BCUT2D eigenvalue weighted by Gasteiger charge is -2.22. The van der Waals surface area contributed by atoms with Crippen molar-refractivity contribution in [2.45, 2.75) is 44.9 Å². The SMILES string of the molecule is Cc1cc(Nc2ccc(C3CCCCC3)cc2)ncc1[N+](=O)[O-]. The second kappa shape index (κ2) is 6.77. The summed E-state index contributed by atoms with van der Waals surface area (Å²) >= 11 is 0. The molecule has 0 bridgehead atoms. The molecule has 0 saturated heterocycles. The van der Waals surface area contributed by atoms with E-state index < -0.39 is 4.92 Å². The fourth-order valence-corrected chi connectivity index (χ4v) is 3.23. The zero-order valence-electron chi connectivity index (χ0n) is 13.3. The van der Waals surface area contributed by atoms with Gasteiger partial charge < -0.3 is 5.32 Å². The monoisotopic (exact) mass is 311 g/mol. The number of nitrogens with one attached hydrogen (secondary N) is 1. The molecule has 0 amide bonds. The fourth-order valence-electron chi connectivity index (χ4n) is 3.23. The van der Waals surface area contributed by atoms with Crippen molar-refractivity contribution in [3.8, 4) is 0 Å². The zero-order valence-corrected chi connectivity index (χ0v) is 13.3. The summed E-state index contributed by atoms with van der Waals surface area (Å²) in [5.41, 5.74) is 3.00. The van der Waals surface area contributed by atoms with Gasteiger partial charge in [-0.25, -0.2) is 4.98 Å². The molecule has 3 rings (SSSR count). The van der Waals surface area contributed by atoms with Gasteiger partial charge in [-0.1, -0.05) is 31.4 Å². The Morgan fingerprint density at radius 2 is 1.87 bits per heavy atom. The van der Waals surface area contributed by atoms with E-state index in [-0.39, 0.29) is 5.69 Å². The predicted molar refractivity (Wildman–Crippen MR) is 91.2 cm³/mol. The minimum atomic E-state index is -0.412. The van der Waals surface area contributed by atoms with E-state index in [2.05, 4.69) is 34.6 Å². The smallest absolute Gasteiger partial charge is 0.290 e. The second-order valence-corrected chi connectivity index (χ2v) is 6.20. The van der Waals surface area contributed by atoms with E-state index in [0.717, 1.165) is 5.69 Å². The Hall–Kier alpha value is -2.43. The first-order valence-corrected chi connectivity index (χ1v) is 8.11. The highest BCUT2D eigenvalue weighted by Crippen LogP contribution is 2.33. The van der Waals surface area contributed by atoms with E-state index >= 15 is 0 Å². The van der Waals surface area contributed by atoms with Crippen LogP contribution in [0, 0.1) is 17.0 Å². The van der Waals surface area contributed by atoms with Crippen molar-refractivity contribution < 1.29 is 4.92 Å². The van der Waals surface area contributed by atoms with Crippen LogP contribution in [0.1, 0.15) is 49.1 Å². The average molecular weight is 311 g/mol. The molecule has 1 aliphatic carbocycles. The van der Waals surface area contributed by atoms with Crippen LogP contribution in [0.5, 0.6) is 0 Å². The largest absolute Gasteiger partial charge is 0.340 e. The van der Waals surface area contributed by atoms with Crippen LogP contribution < -0.4 is 5.32 Å². The van der Waals surface area contributed by atoms with Crippen molar-refractivity contribution in [1.82, 2.24) is 4.98 Å². The lowest BCUT2D eigenvalue weighted by molar-refractivity contribution is -0.385. The van der Waals surface area contributed by atoms with Crippen LogP contribution in [0.4, 0.5) is 17.2 Å². The number of nitro groups is 1. The molecule has 1 N–H and O–H groups in total. The molecular weight excluding hydrogens is 290 g/mol. The first-order chi connectivity index (χ1) is 11.1. The Bertz CT molecular complexity index is 692. The molecule has 1 saturated carbocycles. The third-order valence-corrected chi connectivity index (χ3v) is 4.54. The predicted octanol–water partition coefficient (Wildman–Crippen LogP) is 5.09. The number of hydrogen-bond acceptors (Lipinski definition) is 4. The van der Waals surface area contributed by atoms with Crippen LogP contribution in [0.25, 0.3) is 0 Å². The maximum Gasteiger partial charge on any atom is 0.290 e. The second-order valence-electron chi connectivity index (χ2n) is 6.20. The summed E-state index contributed by atoms with van der Waals surface area (Å²) in [6, 6.07) is 10.2. The van der Waals surface area contributed by atoms with E-state index in [1.165, 1.54) is 43.9 Å². The lowest BCUT2D eigenvalue weighted by atomic mass is 9.84. The summed E-state index contributed by atoms with van der Waals surface area (Å²) in [6.07, 6.45) is 7.90. The van der Waals surface area contributed by atoms with Crippen LogP contribution in [-0.4, -0.2) is 9.91 Å². The van der Waals surface area contributed by atoms with Gasteiger partial charge in [0.25, 0.3) is 5.69 Å². The molecule has 0 aliphatic heterocycles. The van der Waals surface area contributed by atoms with E-state index in [0.29, 0.717) is 17.3 Å². The number of aryl methyl sites for hydroxylation is 1. The summed E-state index contributed by atoms with van der Waals surface area (Å²) in [7, 11) is 0. The van der Waals surface area contributed by atoms with Crippen LogP contribution in [-0.2, 0) is 0 Å². The number of hydrogen-bond donors (Lipinski definition) is 1. The highest BCUT2D eigenvalue weighted by molar-refractivity contribution is 5.59. The average Bonchev–Trinajstić information content (AvgIpc) is 2.56. The molecule has 2 aromatic rings. The van der Waals surface area contributed by atoms with Gasteiger partial charge in [0.1, 0.15) is 12.0 Å². The third kappa shape index (κ3) is 3.67.